The highest BCUT2D eigenvalue weighted by atomic mass is 16.5. The van der Waals surface area contributed by atoms with Crippen LogP contribution < -0.4 is 9.47 Å². The van der Waals surface area contributed by atoms with Crippen molar-refractivity contribution in [1.82, 2.24) is 0 Å². The zero-order valence-electron chi connectivity index (χ0n) is 36.0. The van der Waals surface area contributed by atoms with E-state index >= 15 is 0 Å². The van der Waals surface area contributed by atoms with Gasteiger partial charge in [0, 0.05) is 10.8 Å². The molecule has 4 unspecified atom stereocenters. The summed E-state index contributed by atoms with van der Waals surface area (Å²) in [5, 5.41) is 0. The molecular weight excluding hydrogens is 721 g/mol. The fraction of sp³-hybridized carbons (Fsp3) is 0.286. The van der Waals surface area contributed by atoms with Crippen LogP contribution in [-0.2, 0) is 28.4 Å². The summed E-state index contributed by atoms with van der Waals surface area (Å²) in [6.07, 6.45) is 4.60. The summed E-state index contributed by atoms with van der Waals surface area (Å²) in [5.74, 6) is 3.25. The fourth-order valence-corrected chi connectivity index (χ4v) is 8.01. The zero-order chi connectivity index (χ0) is 41.8. The first-order valence-corrected chi connectivity index (χ1v) is 21.4. The minimum absolute atomic E-state index is 0.196. The van der Waals surface area contributed by atoms with Crippen molar-refractivity contribution in [3.8, 4) is 23.0 Å². The molecule has 0 saturated heterocycles. The van der Waals surface area contributed by atoms with Crippen molar-refractivity contribution >= 4 is 11.1 Å². The van der Waals surface area contributed by atoms with Crippen molar-refractivity contribution in [3.05, 3.63) is 204 Å². The number of rotatable bonds is 20. The summed E-state index contributed by atoms with van der Waals surface area (Å²) in [6.45, 7) is 22.3. The second-order valence-corrected chi connectivity index (χ2v) is 16.3. The van der Waals surface area contributed by atoms with Gasteiger partial charge in [-0.3, -0.25) is 0 Å². The maximum Gasteiger partial charge on any atom is 0.127 e. The van der Waals surface area contributed by atoms with E-state index < -0.39 is 0 Å². The Morgan fingerprint density at radius 2 is 0.814 bits per heavy atom. The van der Waals surface area contributed by atoms with Gasteiger partial charge >= 0.3 is 0 Å². The summed E-state index contributed by atoms with van der Waals surface area (Å²) in [4.78, 5) is 0. The van der Waals surface area contributed by atoms with E-state index in [0.717, 1.165) is 71.0 Å². The molecule has 3 nitrogen and oxygen atoms in total. The third kappa shape index (κ3) is 10.5. The number of ether oxygens (including phenoxy) is 3. The van der Waals surface area contributed by atoms with Gasteiger partial charge in [0.2, 0.25) is 0 Å². The Kier molecular flexibility index (Phi) is 14.5. The molecule has 6 aromatic rings. The van der Waals surface area contributed by atoms with Crippen LogP contribution in [0.25, 0.3) is 11.1 Å². The molecule has 0 saturated carbocycles. The Morgan fingerprint density at radius 1 is 0.458 bits per heavy atom. The highest BCUT2D eigenvalue weighted by Crippen LogP contribution is 2.42. The average molecular weight is 783 g/mol. The van der Waals surface area contributed by atoms with E-state index in [2.05, 4.69) is 140 Å². The average Bonchev–Trinajstić information content (AvgIpc) is 3.28. The van der Waals surface area contributed by atoms with Crippen LogP contribution in [0.4, 0.5) is 0 Å². The van der Waals surface area contributed by atoms with Gasteiger partial charge < -0.3 is 14.2 Å². The first kappa shape index (κ1) is 43.0. The second-order valence-electron chi connectivity index (χ2n) is 16.3. The molecule has 59 heavy (non-hydrogen) atoms. The lowest BCUT2D eigenvalue weighted by Gasteiger charge is -2.45. The lowest BCUT2D eigenvalue weighted by Crippen LogP contribution is -2.48. The van der Waals surface area contributed by atoms with Gasteiger partial charge in [-0.25, -0.2) is 0 Å². The third-order valence-corrected chi connectivity index (χ3v) is 12.6. The highest BCUT2D eigenvalue weighted by Gasteiger charge is 2.42. The van der Waals surface area contributed by atoms with Crippen LogP contribution in [0.3, 0.4) is 0 Å². The van der Waals surface area contributed by atoms with Crippen LogP contribution in [0.1, 0.15) is 101 Å². The first-order valence-electron chi connectivity index (χ1n) is 21.4. The summed E-state index contributed by atoms with van der Waals surface area (Å²) >= 11 is 0. The van der Waals surface area contributed by atoms with Crippen molar-refractivity contribution in [1.29, 1.82) is 0 Å². The molecule has 3 heteroatoms. The van der Waals surface area contributed by atoms with E-state index in [4.69, 9.17) is 14.2 Å². The molecule has 0 aromatic heterocycles. The van der Waals surface area contributed by atoms with Crippen molar-refractivity contribution < 1.29 is 14.2 Å². The van der Waals surface area contributed by atoms with E-state index in [9.17, 15) is 0 Å². The number of para-hydroxylation sites is 2. The normalized spacial score (nSPS) is 14.3. The minimum Gasteiger partial charge on any atom is -0.457 e. The Hall–Kier alpha value is -5.64. The van der Waals surface area contributed by atoms with E-state index in [1.165, 1.54) is 22.3 Å². The Morgan fingerprint density at radius 3 is 1.15 bits per heavy atom. The van der Waals surface area contributed by atoms with Gasteiger partial charge in [0.25, 0.3) is 0 Å². The lowest BCUT2D eigenvalue weighted by molar-refractivity contribution is -0.0840. The fourth-order valence-electron chi connectivity index (χ4n) is 8.01. The van der Waals surface area contributed by atoms with Gasteiger partial charge in [-0.05, 0) is 132 Å². The molecule has 0 radical (unpaired) electrons. The predicted molar refractivity (Wildman–Crippen MR) is 249 cm³/mol. The Bertz CT molecular complexity index is 2090. The van der Waals surface area contributed by atoms with Gasteiger partial charge in [-0.2, -0.15) is 0 Å². The van der Waals surface area contributed by atoms with Crippen molar-refractivity contribution in [2.75, 3.05) is 0 Å². The van der Waals surface area contributed by atoms with Crippen LogP contribution in [0.2, 0.25) is 0 Å². The van der Waals surface area contributed by atoms with E-state index in [1.807, 2.05) is 72.8 Å². The van der Waals surface area contributed by atoms with Crippen LogP contribution in [-0.4, -0.2) is 12.2 Å². The van der Waals surface area contributed by atoms with Gasteiger partial charge in [0.05, 0.1) is 12.2 Å². The Labute approximate surface area is 354 Å². The topological polar surface area (TPSA) is 27.7 Å². The van der Waals surface area contributed by atoms with E-state index in [0.29, 0.717) is 12.8 Å². The van der Waals surface area contributed by atoms with Gasteiger partial charge in [0.15, 0.2) is 0 Å². The third-order valence-electron chi connectivity index (χ3n) is 12.6. The number of benzene rings is 6. The van der Waals surface area contributed by atoms with Gasteiger partial charge in [0.1, 0.15) is 23.0 Å². The SMILES string of the molecule is C=C(CC)c1ccc(C(C)(CC)C(Cc2cccc(Oc3ccccc3)c2)OC(Cc2cccc(Oc3ccccc3)c2)C(C)(CC)c2ccc(C(=C)CC)cc2)cc1. The second kappa shape index (κ2) is 19.9. The standard InChI is InChI=1S/C56H62O3/c1-9-41(5)45-29-33-47(34-30-45)55(7,11-3)53(39-43-21-19-27-51(37-43)57-49-23-15-13-16-24-49)59-54(56(8,12-4)48-35-31-46(32-36-48)42(6)10-2)40-44-22-20-28-52(38-44)58-50-25-17-14-18-26-50/h13-38,53-54H,5-6,9-12,39-40H2,1-4,7-8H3. The smallest absolute Gasteiger partial charge is 0.127 e. The van der Waals surface area contributed by atoms with E-state index in [-0.39, 0.29) is 23.0 Å². The molecule has 0 N–H and O–H groups in total. The molecule has 6 aromatic carbocycles. The first-order chi connectivity index (χ1) is 28.6. The molecule has 304 valence electrons. The molecule has 6 rings (SSSR count). The van der Waals surface area contributed by atoms with Gasteiger partial charge in [-0.1, -0.05) is 164 Å². The molecule has 0 heterocycles. The molecule has 0 aliphatic carbocycles. The summed E-state index contributed by atoms with van der Waals surface area (Å²) in [7, 11) is 0. The molecule has 0 bridgehead atoms. The number of allylic oxidation sites excluding steroid dienone is 2. The minimum atomic E-state index is -0.337. The quantitative estimate of drug-likeness (QED) is 0.0772. The summed E-state index contributed by atoms with van der Waals surface area (Å²) in [5.41, 5.74) is 8.81. The maximum atomic E-state index is 7.88. The van der Waals surface area contributed by atoms with Crippen molar-refractivity contribution in [2.45, 2.75) is 103 Å². The lowest BCUT2D eigenvalue weighted by atomic mass is 9.70. The molecule has 0 spiro atoms. The number of hydrogen-bond acceptors (Lipinski definition) is 3. The van der Waals surface area contributed by atoms with Crippen molar-refractivity contribution in [3.63, 3.8) is 0 Å². The monoisotopic (exact) mass is 782 g/mol. The van der Waals surface area contributed by atoms with Gasteiger partial charge in [-0.15, -0.1) is 0 Å². The maximum absolute atomic E-state index is 7.88. The van der Waals surface area contributed by atoms with Crippen LogP contribution in [0.5, 0.6) is 23.0 Å². The van der Waals surface area contributed by atoms with E-state index in [1.54, 1.807) is 0 Å². The Balaban J connectivity index is 1.45. The van der Waals surface area contributed by atoms with Crippen LogP contribution in [0, 0.1) is 0 Å². The molecule has 4 atom stereocenters. The highest BCUT2D eigenvalue weighted by molar-refractivity contribution is 5.64. The number of hydrogen-bond donors (Lipinski definition) is 0. The summed E-state index contributed by atoms with van der Waals surface area (Å²) < 4.78 is 20.6. The molecular formula is C56H62O3. The van der Waals surface area contributed by atoms with Crippen LogP contribution in [0.15, 0.2) is 171 Å². The zero-order valence-corrected chi connectivity index (χ0v) is 36.0. The van der Waals surface area contributed by atoms with Crippen LogP contribution >= 0.6 is 0 Å². The largest absolute Gasteiger partial charge is 0.457 e. The molecule has 0 aliphatic heterocycles. The molecule has 0 amide bonds. The molecule has 0 aliphatic rings. The molecule has 0 fully saturated rings. The van der Waals surface area contributed by atoms with Crippen molar-refractivity contribution in [2.24, 2.45) is 0 Å². The summed E-state index contributed by atoms with van der Waals surface area (Å²) in [6, 6.07) is 55.1. The predicted octanol–water partition coefficient (Wildman–Crippen LogP) is 15.4.